The van der Waals surface area contributed by atoms with E-state index in [2.05, 4.69) is 5.32 Å². The van der Waals surface area contributed by atoms with Crippen LogP contribution >= 0.6 is 0 Å². The topological polar surface area (TPSA) is 21.3 Å². The molecule has 1 heterocycles. The number of para-hydroxylation sites is 1. The molecule has 1 aromatic rings. The van der Waals surface area contributed by atoms with Gasteiger partial charge in [0.25, 0.3) is 0 Å². The van der Waals surface area contributed by atoms with E-state index in [0.717, 1.165) is 25.8 Å². The van der Waals surface area contributed by atoms with Gasteiger partial charge in [0.05, 0.1) is 6.61 Å². The standard InChI is InChI=1S/C14H20FNO/c1-2-10-17-13-8-4-3-6-11(13)14(15)12-7-5-9-16-12/h3-4,6,8,12,14,16H,2,5,7,9-10H2,1H3. The number of rotatable bonds is 5. The molecule has 17 heavy (non-hydrogen) atoms. The zero-order chi connectivity index (χ0) is 12.1. The van der Waals surface area contributed by atoms with Gasteiger partial charge in [-0.2, -0.15) is 0 Å². The summed E-state index contributed by atoms with van der Waals surface area (Å²) in [4.78, 5) is 0. The summed E-state index contributed by atoms with van der Waals surface area (Å²) in [5.41, 5.74) is 0.681. The fourth-order valence-corrected chi connectivity index (χ4v) is 2.23. The monoisotopic (exact) mass is 237 g/mol. The molecule has 0 amide bonds. The average molecular weight is 237 g/mol. The second kappa shape index (κ2) is 6.01. The van der Waals surface area contributed by atoms with Crippen LogP contribution in [0.25, 0.3) is 0 Å². The van der Waals surface area contributed by atoms with E-state index >= 15 is 0 Å². The van der Waals surface area contributed by atoms with Crippen molar-refractivity contribution in [2.45, 2.75) is 38.4 Å². The SMILES string of the molecule is CCCOc1ccccc1C(F)C1CCCN1. The molecule has 0 radical (unpaired) electrons. The van der Waals surface area contributed by atoms with E-state index < -0.39 is 6.17 Å². The number of hydrogen-bond donors (Lipinski definition) is 1. The minimum atomic E-state index is -0.967. The van der Waals surface area contributed by atoms with Crippen molar-refractivity contribution in [3.05, 3.63) is 29.8 Å². The molecule has 0 aromatic heterocycles. The van der Waals surface area contributed by atoms with Crippen molar-refractivity contribution in [1.29, 1.82) is 0 Å². The van der Waals surface area contributed by atoms with Gasteiger partial charge in [0.1, 0.15) is 11.9 Å². The summed E-state index contributed by atoms with van der Waals surface area (Å²) in [7, 11) is 0. The molecule has 2 rings (SSSR count). The maximum absolute atomic E-state index is 14.4. The molecule has 2 nitrogen and oxygen atoms in total. The van der Waals surface area contributed by atoms with Crippen molar-refractivity contribution in [3.8, 4) is 5.75 Å². The first-order chi connectivity index (χ1) is 8.33. The lowest BCUT2D eigenvalue weighted by molar-refractivity contribution is 0.251. The summed E-state index contributed by atoms with van der Waals surface area (Å²) < 4.78 is 20.0. The first kappa shape index (κ1) is 12.4. The third-order valence-corrected chi connectivity index (χ3v) is 3.13. The predicted molar refractivity (Wildman–Crippen MR) is 67.1 cm³/mol. The normalized spacial score (nSPS) is 21.4. The predicted octanol–water partition coefficient (Wildman–Crippen LogP) is 3.24. The lowest BCUT2D eigenvalue weighted by Crippen LogP contribution is -2.26. The van der Waals surface area contributed by atoms with E-state index in [1.807, 2.05) is 31.2 Å². The molecule has 1 saturated heterocycles. The number of alkyl halides is 1. The van der Waals surface area contributed by atoms with Gasteiger partial charge in [0, 0.05) is 11.6 Å². The molecule has 94 valence electrons. The van der Waals surface area contributed by atoms with Gasteiger partial charge >= 0.3 is 0 Å². The molecule has 1 aliphatic heterocycles. The molecule has 1 aliphatic rings. The number of halogens is 1. The fraction of sp³-hybridized carbons (Fsp3) is 0.571. The van der Waals surface area contributed by atoms with Crippen LogP contribution in [-0.2, 0) is 0 Å². The molecule has 0 bridgehead atoms. The highest BCUT2D eigenvalue weighted by atomic mass is 19.1. The Morgan fingerprint density at radius 1 is 1.47 bits per heavy atom. The van der Waals surface area contributed by atoms with Crippen LogP contribution in [0.1, 0.15) is 37.9 Å². The Morgan fingerprint density at radius 3 is 3.00 bits per heavy atom. The van der Waals surface area contributed by atoms with Gasteiger partial charge in [0.15, 0.2) is 0 Å². The summed E-state index contributed by atoms with van der Waals surface area (Å²) in [6.07, 6.45) is 1.94. The molecule has 0 saturated carbocycles. The van der Waals surface area contributed by atoms with Crippen LogP contribution in [0.5, 0.6) is 5.75 Å². The van der Waals surface area contributed by atoms with E-state index in [4.69, 9.17) is 4.74 Å². The van der Waals surface area contributed by atoms with Crippen molar-refractivity contribution < 1.29 is 9.13 Å². The Morgan fingerprint density at radius 2 is 2.29 bits per heavy atom. The highest BCUT2D eigenvalue weighted by Gasteiger charge is 2.27. The molecule has 1 aromatic carbocycles. The lowest BCUT2D eigenvalue weighted by Gasteiger charge is -2.19. The maximum Gasteiger partial charge on any atom is 0.144 e. The quantitative estimate of drug-likeness (QED) is 0.849. The van der Waals surface area contributed by atoms with Gasteiger partial charge in [-0.25, -0.2) is 4.39 Å². The highest BCUT2D eigenvalue weighted by molar-refractivity contribution is 5.36. The largest absolute Gasteiger partial charge is 0.493 e. The zero-order valence-corrected chi connectivity index (χ0v) is 10.3. The van der Waals surface area contributed by atoms with Crippen molar-refractivity contribution in [2.24, 2.45) is 0 Å². The first-order valence-electron chi connectivity index (χ1n) is 6.42. The lowest BCUT2D eigenvalue weighted by atomic mass is 10.0. The molecule has 2 unspecified atom stereocenters. The number of hydrogen-bond acceptors (Lipinski definition) is 2. The molecule has 3 heteroatoms. The Bertz CT molecular complexity index is 350. The summed E-state index contributed by atoms with van der Waals surface area (Å²) in [5, 5.41) is 3.21. The highest BCUT2D eigenvalue weighted by Crippen LogP contribution is 2.33. The Balaban J connectivity index is 2.12. The molecular weight excluding hydrogens is 217 g/mol. The van der Waals surface area contributed by atoms with Crippen LogP contribution in [0.4, 0.5) is 4.39 Å². The summed E-state index contributed by atoms with van der Waals surface area (Å²) in [6.45, 7) is 3.61. The van der Waals surface area contributed by atoms with E-state index in [9.17, 15) is 4.39 Å². The van der Waals surface area contributed by atoms with E-state index in [-0.39, 0.29) is 6.04 Å². The van der Waals surface area contributed by atoms with Gasteiger partial charge in [-0.1, -0.05) is 25.1 Å². The Kier molecular flexibility index (Phi) is 4.37. The fourth-order valence-electron chi connectivity index (χ4n) is 2.23. The Hall–Kier alpha value is -1.09. The first-order valence-corrected chi connectivity index (χ1v) is 6.42. The van der Waals surface area contributed by atoms with E-state index in [0.29, 0.717) is 17.9 Å². The maximum atomic E-state index is 14.4. The van der Waals surface area contributed by atoms with Crippen LogP contribution in [0.3, 0.4) is 0 Å². The second-order valence-corrected chi connectivity index (χ2v) is 4.49. The second-order valence-electron chi connectivity index (χ2n) is 4.49. The average Bonchev–Trinajstić information content (AvgIpc) is 2.89. The van der Waals surface area contributed by atoms with E-state index in [1.54, 1.807) is 0 Å². The molecule has 0 spiro atoms. The molecule has 0 aliphatic carbocycles. The minimum Gasteiger partial charge on any atom is -0.493 e. The molecule has 1 N–H and O–H groups in total. The van der Waals surface area contributed by atoms with Crippen molar-refractivity contribution in [2.75, 3.05) is 13.2 Å². The summed E-state index contributed by atoms with van der Waals surface area (Å²) in [6, 6.07) is 7.39. The minimum absolute atomic E-state index is 0.0543. The van der Waals surface area contributed by atoms with Crippen LogP contribution in [0.15, 0.2) is 24.3 Å². The van der Waals surface area contributed by atoms with Gasteiger partial charge in [-0.3, -0.25) is 0 Å². The molecule has 2 atom stereocenters. The number of nitrogens with one attached hydrogen (secondary N) is 1. The van der Waals surface area contributed by atoms with Gasteiger partial charge in [-0.05, 0) is 31.9 Å². The molecule has 1 fully saturated rings. The van der Waals surface area contributed by atoms with Crippen LogP contribution in [0.2, 0.25) is 0 Å². The smallest absolute Gasteiger partial charge is 0.144 e. The Labute approximate surface area is 102 Å². The van der Waals surface area contributed by atoms with Crippen LogP contribution < -0.4 is 10.1 Å². The molecular formula is C14H20FNO. The van der Waals surface area contributed by atoms with Gasteiger partial charge < -0.3 is 10.1 Å². The number of benzene rings is 1. The van der Waals surface area contributed by atoms with Crippen LogP contribution in [-0.4, -0.2) is 19.2 Å². The van der Waals surface area contributed by atoms with Gasteiger partial charge in [0.2, 0.25) is 0 Å². The number of ether oxygens (including phenoxy) is 1. The summed E-state index contributed by atoms with van der Waals surface area (Å²) in [5.74, 6) is 0.690. The van der Waals surface area contributed by atoms with Crippen LogP contribution in [0, 0.1) is 0 Å². The van der Waals surface area contributed by atoms with Gasteiger partial charge in [-0.15, -0.1) is 0 Å². The third kappa shape index (κ3) is 2.97. The van der Waals surface area contributed by atoms with E-state index in [1.165, 1.54) is 0 Å². The van der Waals surface area contributed by atoms with Crippen molar-refractivity contribution in [3.63, 3.8) is 0 Å². The summed E-state index contributed by atoms with van der Waals surface area (Å²) >= 11 is 0. The van der Waals surface area contributed by atoms with Crippen molar-refractivity contribution >= 4 is 0 Å². The van der Waals surface area contributed by atoms with Crippen molar-refractivity contribution in [1.82, 2.24) is 5.32 Å². The third-order valence-electron chi connectivity index (χ3n) is 3.13. The zero-order valence-electron chi connectivity index (χ0n) is 10.3.